The molecule has 0 amide bonds. The van der Waals surface area contributed by atoms with Gasteiger partial charge in [0.05, 0.1) is 11.6 Å². The predicted molar refractivity (Wildman–Crippen MR) is 72.6 cm³/mol. The van der Waals surface area contributed by atoms with Crippen LogP contribution in [-0.4, -0.2) is 9.55 Å². The highest BCUT2D eigenvalue weighted by Gasteiger charge is 2.39. The maximum Gasteiger partial charge on any atom is 0.435 e. The smallest absolute Gasteiger partial charge is 0.324 e. The molecule has 0 radical (unpaired) electrons. The van der Waals surface area contributed by atoms with Crippen molar-refractivity contribution in [3.63, 3.8) is 0 Å². The van der Waals surface area contributed by atoms with E-state index in [0.717, 1.165) is 0 Å². The standard InChI is InChI=1S/C14H14ClF3N2/c1-9(2)20-11(8-15)19-13(14(16,17)18)12(20)10-6-4-3-5-7-10/h3-7,9H,8H2,1-2H3. The summed E-state index contributed by atoms with van der Waals surface area (Å²) in [5.74, 6) is 0.168. The van der Waals surface area contributed by atoms with Crippen LogP contribution in [0.15, 0.2) is 30.3 Å². The van der Waals surface area contributed by atoms with Crippen LogP contribution in [0.25, 0.3) is 11.3 Å². The number of imidazole rings is 1. The van der Waals surface area contributed by atoms with E-state index in [1.165, 1.54) is 0 Å². The lowest BCUT2D eigenvalue weighted by Crippen LogP contribution is -2.10. The normalized spacial score (nSPS) is 12.2. The molecule has 0 fully saturated rings. The molecule has 0 spiro atoms. The maximum atomic E-state index is 13.2. The number of hydrogen-bond acceptors (Lipinski definition) is 1. The van der Waals surface area contributed by atoms with Gasteiger partial charge < -0.3 is 4.57 Å². The minimum Gasteiger partial charge on any atom is -0.324 e. The number of hydrogen-bond donors (Lipinski definition) is 0. The van der Waals surface area contributed by atoms with Gasteiger partial charge in [-0.3, -0.25) is 0 Å². The summed E-state index contributed by atoms with van der Waals surface area (Å²) in [5, 5.41) is 0. The molecule has 2 nitrogen and oxygen atoms in total. The van der Waals surface area contributed by atoms with E-state index in [2.05, 4.69) is 4.98 Å². The summed E-state index contributed by atoms with van der Waals surface area (Å²) in [7, 11) is 0. The largest absolute Gasteiger partial charge is 0.435 e. The molecule has 0 saturated heterocycles. The predicted octanol–water partition coefficient (Wildman–Crippen LogP) is 4.89. The zero-order valence-corrected chi connectivity index (χ0v) is 11.8. The van der Waals surface area contributed by atoms with Gasteiger partial charge >= 0.3 is 6.18 Å². The minimum absolute atomic E-state index is 0.0614. The van der Waals surface area contributed by atoms with Gasteiger partial charge in [0.2, 0.25) is 0 Å². The Morgan fingerprint density at radius 1 is 1.20 bits per heavy atom. The third kappa shape index (κ3) is 2.68. The van der Waals surface area contributed by atoms with Crippen molar-refractivity contribution in [3.05, 3.63) is 41.9 Å². The fourth-order valence-electron chi connectivity index (χ4n) is 2.20. The summed E-state index contributed by atoms with van der Waals surface area (Å²) < 4.78 is 41.2. The fraction of sp³-hybridized carbons (Fsp3) is 0.357. The number of benzene rings is 1. The molecule has 1 aromatic carbocycles. The van der Waals surface area contributed by atoms with Crippen molar-refractivity contribution < 1.29 is 13.2 Å². The van der Waals surface area contributed by atoms with Crippen LogP contribution in [0.2, 0.25) is 0 Å². The van der Waals surface area contributed by atoms with Crippen molar-refractivity contribution in [2.45, 2.75) is 31.9 Å². The van der Waals surface area contributed by atoms with Crippen molar-refractivity contribution in [3.8, 4) is 11.3 Å². The van der Waals surface area contributed by atoms with Crippen LogP contribution in [-0.2, 0) is 12.1 Å². The van der Waals surface area contributed by atoms with Crippen LogP contribution in [0.5, 0.6) is 0 Å². The van der Waals surface area contributed by atoms with Crippen molar-refractivity contribution in [2.75, 3.05) is 0 Å². The molecule has 0 N–H and O–H groups in total. The Labute approximate surface area is 120 Å². The Balaban J connectivity index is 2.77. The number of nitrogens with zero attached hydrogens (tertiary/aromatic N) is 2. The van der Waals surface area contributed by atoms with Crippen molar-refractivity contribution in [1.29, 1.82) is 0 Å². The molecule has 20 heavy (non-hydrogen) atoms. The number of alkyl halides is 4. The summed E-state index contributed by atoms with van der Waals surface area (Å²) in [6.45, 7) is 3.62. The van der Waals surface area contributed by atoms with Crippen molar-refractivity contribution >= 4 is 11.6 Å². The second kappa shape index (κ2) is 5.48. The second-order valence-electron chi connectivity index (χ2n) is 4.69. The first-order chi connectivity index (χ1) is 9.36. The highest BCUT2D eigenvalue weighted by Crippen LogP contribution is 2.38. The molecule has 0 unspecified atom stereocenters. The average molecular weight is 303 g/mol. The van der Waals surface area contributed by atoms with E-state index < -0.39 is 11.9 Å². The Morgan fingerprint density at radius 2 is 1.80 bits per heavy atom. The van der Waals surface area contributed by atoms with Gasteiger partial charge in [-0.05, 0) is 13.8 Å². The first-order valence-electron chi connectivity index (χ1n) is 6.16. The van der Waals surface area contributed by atoms with E-state index in [9.17, 15) is 13.2 Å². The number of rotatable bonds is 3. The van der Waals surface area contributed by atoms with E-state index in [4.69, 9.17) is 11.6 Å². The summed E-state index contributed by atoms with van der Waals surface area (Å²) in [6, 6.07) is 8.28. The molecule has 2 aromatic rings. The van der Waals surface area contributed by atoms with Crippen LogP contribution >= 0.6 is 11.6 Å². The summed E-state index contributed by atoms with van der Waals surface area (Å²) in [5.41, 5.74) is -0.325. The molecule has 0 aliphatic heterocycles. The molecule has 0 atom stereocenters. The third-order valence-electron chi connectivity index (χ3n) is 2.94. The number of halogens is 4. The molecule has 1 aromatic heterocycles. The highest BCUT2D eigenvalue weighted by atomic mass is 35.5. The molecule has 6 heteroatoms. The second-order valence-corrected chi connectivity index (χ2v) is 4.95. The highest BCUT2D eigenvalue weighted by molar-refractivity contribution is 6.16. The topological polar surface area (TPSA) is 17.8 Å². The molecular weight excluding hydrogens is 289 g/mol. The summed E-state index contributed by atoms with van der Waals surface area (Å²) in [4.78, 5) is 3.70. The summed E-state index contributed by atoms with van der Waals surface area (Å²) >= 11 is 5.75. The van der Waals surface area contributed by atoms with E-state index in [1.54, 1.807) is 34.9 Å². The lowest BCUT2D eigenvalue weighted by atomic mass is 10.1. The van der Waals surface area contributed by atoms with Gasteiger partial charge in [0.25, 0.3) is 0 Å². The minimum atomic E-state index is -4.51. The molecule has 0 bridgehead atoms. The van der Waals surface area contributed by atoms with Gasteiger partial charge in [-0.2, -0.15) is 13.2 Å². The Kier molecular flexibility index (Phi) is 4.09. The lowest BCUT2D eigenvalue weighted by Gasteiger charge is -2.16. The van der Waals surface area contributed by atoms with Crippen LogP contribution in [0.1, 0.15) is 31.4 Å². The maximum absolute atomic E-state index is 13.2. The molecule has 0 aliphatic carbocycles. The van der Waals surface area contributed by atoms with Gasteiger partial charge in [-0.25, -0.2) is 4.98 Å². The van der Waals surface area contributed by atoms with Crippen molar-refractivity contribution in [1.82, 2.24) is 9.55 Å². The zero-order chi connectivity index (χ0) is 14.9. The first-order valence-corrected chi connectivity index (χ1v) is 6.69. The Bertz CT molecular complexity index is 588. The van der Waals surface area contributed by atoms with E-state index in [-0.39, 0.29) is 23.4 Å². The van der Waals surface area contributed by atoms with Gasteiger partial charge in [0.1, 0.15) is 5.82 Å². The molecule has 0 saturated carbocycles. The lowest BCUT2D eigenvalue weighted by molar-refractivity contribution is -0.140. The molecular formula is C14H14ClF3N2. The Morgan fingerprint density at radius 3 is 2.25 bits per heavy atom. The quantitative estimate of drug-likeness (QED) is 0.738. The SMILES string of the molecule is CC(C)n1c(CCl)nc(C(F)(F)F)c1-c1ccccc1. The fourth-order valence-corrected chi connectivity index (χ4v) is 2.39. The van der Waals surface area contributed by atoms with E-state index >= 15 is 0 Å². The summed E-state index contributed by atoms with van der Waals surface area (Å²) in [6.07, 6.45) is -4.51. The van der Waals surface area contributed by atoms with Gasteiger partial charge in [-0.1, -0.05) is 30.3 Å². The monoisotopic (exact) mass is 302 g/mol. The van der Waals surface area contributed by atoms with Crippen LogP contribution in [0.4, 0.5) is 13.2 Å². The van der Waals surface area contributed by atoms with Crippen LogP contribution < -0.4 is 0 Å². The number of aromatic nitrogens is 2. The average Bonchev–Trinajstić information content (AvgIpc) is 2.79. The van der Waals surface area contributed by atoms with Crippen molar-refractivity contribution in [2.24, 2.45) is 0 Å². The molecule has 2 rings (SSSR count). The van der Waals surface area contributed by atoms with Gasteiger partial charge in [-0.15, -0.1) is 11.6 Å². The van der Waals surface area contributed by atoms with E-state index in [1.807, 2.05) is 13.8 Å². The van der Waals surface area contributed by atoms with Gasteiger partial charge in [0.15, 0.2) is 5.69 Å². The Hall–Kier alpha value is -1.49. The van der Waals surface area contributed by atoms with Crippen LogP contribution in [0.3, 0.4) is 0 Å². The molecule has 108 valence electrons. The van der Waals surface area contributed by atoms with E-state index in [0.29, 0.717) is 5.56 Å². The van der Waals surface area contributed by atoms with Crippen LogP contribution in [0, 0.1) is 0 Å². The first kappa shape index (κ1) is 14.9. The van der Waals surface area contributed by atoms with Gasteiger partial charge in [0, 0.05) is 11.6 Å². The molecule has 1 heterocycles. The molecule has 0 aliphatic rings. The third-order valence-corrected chi connectivity index (χ3v) is 3.17. The zero-order valence-electron chi connectivity index (χ0n) is 11.1.